The van der Waals surface area contributed by atoms with Crippen LogP contribution in [-0.2, 0) is 22.5 Å². The van der Waals surface area contributed by atoms with Crippen LogP contribution in [0.2, 0.25) is 10.0 Å². The maximum atomic E-state index is 11.7. The normalized spacial score (nSPS) is 10.8. The first-order valence-electron chi connectivity index (χ1n) is 8.82. The molecule has 0 fully saturated rings. The molecule has 0 aliphatic rings. The summed E-state index contributed by atoms with van der Waals surface area (Å²) in [7, 11) is 0. The second-order valence-electron chi connectivity index (χ2n) is 5.87. The van der Waals surface area contributed by atoms with E-state index in [9.17, 15) is 4.79 Å². The fraction of sp³-hybridized carbons (Fsp3) is 0.474. The Morgan fingerprint density at radius 3 is 2.73 bits per heavy atom. The second kappa shape index (κ2) is 10.4. The standard InChI is InChI=1S/C19H24Cl2N2O3/c1-3-5-10-26-18-12-16(8-9-19(24)25-4-2)23(22-18)13-14-6-7-15(20)11-17(14)21/h6-7,11-12H,3-5,8-10,13H2,1-2H3. The van der Waals surface area contributed by atoms with Crippen LogP contribution < -0.4 is 4.74 Å². The fourth-order valence-electron chi connectivity index (χ4n) is 2.43. The van der Waals surface area contributed by atoms with E-state index in [1.807, 2.05) is 16.8 Å². The van der Waals surface area contributed by atoms with Crippen LogP contribution in [0, 0.1) is 0 Å². The molecule has 1 heterocycles. The SMILES string of the molecule is CCCCOc1cc(CCC(=O)OCC)n(Cc2ccc(Cl)cc2Cl)n1. The predicted molar refractivity (Wildman–Crippen MR) is 103 cm³/mol. The van der Waals surface area contributed by atoms with E-state index >= 15 is 0 Å². The first-order valence-corrected chi connectivity index (χ1v) is 9.58. The lowest BCUT2D eigenvalue weighted by Crippen LogP contribution is -2.10. The number of benzene rings is 1. The van der Waals surface area contributed by atoms with Crippen molar-refractivity contribution in [3.63, 3.8) is 0 Å². The Hall–Kier alpha value is -1.72. The molecule has 0 aliphatic heterocycles. The molecule has 142 valence electrons. The third kappa shape index (κ3) is 6.22. The first-order chi connectivity index (χ1) is 12.5. The Bertz CT molecular complexity index is 732. The van der Waals surface area contributed by atoms with E-state index < -0.39 is 0 Å². The minimum absolute atomic E-state index is 0.224. The van der Waals surface area contributed by atoms with E-state index in [0.717, 1.165) is 24.1 Å². The average molecular weight is 399 g/mol. The number of carbonyl (C=O) groups is 1. The van der Waals surface area contributed by atoms with Gasteiger partial charge in [-0.2, -0.15) is 0 Å². The summed E-state index contributed by atoms with van der Waals surface area (Å²) in [5.74, 6) is 0.334. The van der Waals surface area contributed by atoms with Gasteiger partial charge in [0.2, 0.25) is 5.88 Å². The largest absolute Gasteiger partial charge is 0.477 e. The molecule has 1 aromatic heterocycles. The lowest BCUT2D eigenvalue weighted by Gasteiger charge is -2.09. The van der Waals surface area contributed by atoms with Gasteiger partial charge in [0.1, 0.15) is 0 Å². The molecule has 2 aromatic rings. The summed E-state index contributed by atoms with van der Waals surface area (Å²) in [4.78, 5) is 11.7. The molecule has 0 saturated heterocycles. The fourth-order valence-corrected chi connectivity index (χ4v) is 2.90. The smallest absolute Gasteiger partial charge is 0.306 e. The van der Waals surface area contributed by atoms with Gasteiger partial charge >= 0.3 is 5.97 Å². The third-order valence-corrected chi connectivity index (χ3v) is 4.40. The molecule has 0 amide bonds. The van der Waals surface area contributed by atoms with Crippen LogP contribution in [0.5, 0.6) is 5.88 Å². The molecule has 5 nitrogen and oxygen atoms in total. The molecule has 0 aliphatic carbocycles. The van der Waals surface area contributed by atoms with Crippen molar-refractivity contribution in [2.45, 2.75) is 46.1 Å². The van der Waals surface area contributed by atoms with Crippen LogP contribution in [-0.4, -0.2) is 29.0 Å². The Morgan fingerprint density at radius 1 is 1.23 bits per heavy atom. The maximum absolute atomic E-state index is 11.7. The molecule has 2 rings (SSSR count). The van der Waals surface area contributed by atoms with Gasteiger partial charge < -0.3 is 9.47 Å². The molecule has 0 saturated carbocycles. The molecular weight excluding hydrogens is 375 g/mol. The van der Waals surface area contributed by atoms with Crippen LogP contribution in [0.1, 0.15) is 44.4 Å². The number of rotatable bonds is 10. The van der Waals surface area contributed by atoms with Gasteiger partial charge in [-0.15, -0.1) is 5.10 Å². The van der Waals surface area contributed by atoms with Gasteiger partial charge in [-0.1, -0.05) is 42.6 Å². The topological polar surface area (TPSA) is 53.4 Å². The number of carbonyl (C=O) groups excluding carboxylic acids is 1. The highest BCUT2D eigenvalue weighted by Crippen LogP contribution is 2.23. The van der Waals surface area contributed by atoms with Gasteiger partial charge in [0.15, 0.2) is 0 Å². The van der Waals surface area contributed by atoms with Crippen LogP contribution in [0.3, 0.4) is 0 Å². The Morgan fingerprint density at radius 2 is 2.04 bits per heavy atom. The van der Waals surface area contributed by atoms with Crippen molar-refractivity contribution in [1.82, 2.24) is 9.78 Å². The predicted octanol–water partition coefficient (Wildman–Crippen LogP) is 4.91. The van der Waals surface area contributed by atoms with Gasteiger partial charge in [0, 0.05) is 21.8 Å². The number of hydrogen-bond donors (Lipinski definition) is 0. The van der Waals surface area contributed by atoms with E-state index in [0.29, 0.717) is 48.5 Å². The van der Waals surface area contributed by atoms with E-state index in [-0.39, 0.29) is 5.97 Å². The number of aromatic nitrogens is 2. The lowest BCUT2D eigenvalue weighted by molar-refractivity contribution is -0.143. The third-order valence-electron chi connectivity index (χ3n) is 3.81. The molecule has 0 atom stereocenters. The molecule has 26 heavy (non-hydrogen) atoms. The van der Waals surface area contributed by atoms with Gasteiger partial charge in [-0.05, 0) is 37.5 Å². The molecule has 0 bridgehead atoms. The minimum atomic E-state index is -0.224. The average Bonchev–Trinajstić information content (AvgIpc) is 2.98. The highest BCUT2D eigenvalue weighted by Gasteiger charge is 2.13. The molecule has 0 unspecified atom stereocenters. The van der Waals surface area contributed by atoms with E-state index in [4.69, 9.17) is 32.7 Å². The molecular formula is C19H24Cl2N2O3. The number of hydrogen-bond acceptors (Lipinski definition) is 4. The van der Waals surface area contributed by atoms with Gasteiger partial charge in [-0.25, -0.2) is 0 Å². The number of esters is 1. The summed E-state index contributed by atoms with van der Waals surface area (Å²) in [6, 6.07) is 7.25. The Balaban J connectivity index is 2.15. The Labute approximate surface area is 164 Å². The van der Waals surface area contributed by atoms with Crippen LogP contribution in [0.4, 0.5) is 0 Å². The van der Waals surface area contributed by atoms with Crippen LogP contribution >= 0.6 is 23.2 Å². The molecule has 0 spiro atoms. The molecule has 0 radical (unpaired) electrons. The monoisotopic (exact) mass is 398 g/mol. The van der Waals surface area contributed by atoms with Crippen molar-refractivity contribution in [2.75, 3.05) is 13.2 Å². The van der Waals surface area contributed by atoms with E-state index in [2.05, 4.69) is 12.0 Å². The van der Waals surface area contributed by atoms with E-state index in [1.54, 1.807) is 19.1 Å². The summed E-state index contributed by atoms with van der Waals surface area (Å²) in [5, 5.41) is 5.69. The second-order valence-corrected chi connectivity index (χ2v) is 6.72. The zero-order valence-electron chi connectivity index (χ0n) is 15.1. The minimum Gasteiger partial charge on any atom is -0.477 e. The summed E-state index contributed by atoms with van der Waals surface area (Å²) in [6.07, 6.45) is 2.83. The summed E-state index contributed by atoms with van der Waals surface area (Å²) < 4.78 is 12.5. The van der Waals surface area contributed by atoms with Crippen molar-refractivity contribution in [3.8, 4) is 5.88 Å². The van der Waals surface area contributed by atoms with Crippen molar-refractivity contribution in [3.05, 3.63) is 45.6 Å². The first kappa shape index (κ1) is 20.6. The maximum Gasteiger partial charge on any atom is 0.306 e. The van der Waals surface area contributed by atoms with Crippen molar-refractivity contribution < 1.29 is 14.3 Å². The zero-order valence-corrected chi connectivity index (χ0v) is 16.6. The lowest BCUT2D eigenvalue weighted by atomic mass is 10.2. The van der Waals surface area contributed by atoms with E-state index in [1.165, 1.54) is 0 Å². The van der Waals surface area contributed by atoms with Gasteiger partial charge in [0.05, 0.1) is 26.2 Å². The molecule has 0 N–H and O–H groups in total. The Kier molecular flexibility index (Phi) is 8.26. The number of aryl methyl sites for hydroxylation is 1. The highest BCUT2D eigenvalue weighted by molar-refractivity contribution is 6.35. The van der Waals surface area contributed by atoms with Crippen LogP contribution in [0.15, 0.2) is 24.3 Å². The van der Waals surface area contributed by atoms with Gasteiger partial charge in [-0.3, -0.25) is 9.48 Å². The summed E-state index contributed by atoms with van der Waals surface area (Å²) in [6.45, 7) is 5.38. The highest BCUT2D eigenvalue weighted by atomic mass is 35.5. The number of ether oxygens (including phenoxy) is 2. The summed E-state index contributed by atoms with van der Waals surface area (Å²) in [5.41, 5.74) is 1.80. The zero-order chi connectivity index (χ0) is 18.9. The molecule has 1 aromatic carbocycles. The summed E-state index contributed by atoms with van der Waals surface area (Å²) >= 11 is 12.2. The quantitative estimate of drug-likeness (QED) is 0.421. The van der Waals surface area contributed by atoms with Crippen molar-refractivity contribution >= 4 is 29.2 Å². The van der Waals surface area contributed by atoms with Crippen LogP contribution in [0.25, 0.3) is 0 Å². The van der Waals surface area contributed by atoms with Crippen molar-refractivity contribution in [1.29, 1.82) is 0 Å². The molecule has 7 heteroatoms. The number of unbranched alkanes of at least 4 members (excludes halogenated alkanes) is 1. The number of halogens is 2. The van der Waals surface area contributed by atoms with Gasteiger partial charge in [0.25, 0.3) is 0 Å². The number of nitrogens with zero attached hydrogens (tertiary/aromatic N) is 2. The van der Waals surface area contributed by atoms with Crippen molar-refractivity contribution in [2.24, 2.45) is 0 Å².